The number of aldehydes is 1. The van der Waals surface area contributed by atoms with E-state index in [1.165, 1.54) is 12.1 Å². The number of fused-ring (bicyclic) bond motifs is 7. The van der Waals surface area contributed by atoms with Crippen LogP contribution in [0, 0.1) is 17.8 Å². The van der Waals surface area contributed by atoms with E-state index < -0.39 is 109 Å². The fourth-order valence-electron chi connectivity index (χ4n) is 12.9. The largest absolute Gasteiger partial charge is 0.486 e. The number of hydrogen-bond acceptors (Lipinski definition) is 22. The number of hydrogen-bond donors (Lipinski definition) is 13. The monoisotopic (exact) mass is 1130 g/mol. The van der Waals surface area contributed by atoms with E-state index in [1.54, 1.807) is 19.1 Å². The minimum absolute atomic E-state index is 0.0337. The minimum atomic E-state index is -2.41. The molecule has 438 valence electrons. The van der Waals surface area contributed by atoms with Gasteiger partial charge in [0.05, 0.1) is 56.0 Å². The van der Waals surface area contributed by atoms with Crippen molar-refractivity contribution in [3.8, 4) is 23.3 Å². The molecule has 14 N–H and O–H groups in total. The summed E-state index contributed by atoms with van der Waals surface area (Å²) >= 11 is 0. The third-order valence-electron chi connectivity index (χ3n) is 17.0. The highest BCUT2D eigenvalue weighted by Gasteiger charge is 2.64. The van der Waals surface area contributed by atoms with Crippen molar-refractivity contribution >= 4 is 29.4 Å². The maximum absolute atomic E-state index is 15.4. The Hall–Kier alpha value is -6.34. The smallest absolute Gasteiger partial charge is 0.242 e. The number of nitrogens with one attached hydrogen (secondary N) is 6. The van der Waals surface area contributed by atoms with E-state index in [0.717, 1.165) is 5.57 Å². The van der Waals surface area contributed by atoms with E-state index in [0.29, 0.717) is 61.1 Å². The van der Waals surface area contributed by atoms with Crippen LogP contribution in [0.5, 0.6) is 11.5 Å². The number of carbonyl (C=O) groups is 4. The number of rotatable bonds is 16. The summed E-state index contributed by atoms with van der Waals surface area (Å²) in [5, 5.41) is 82.1. The van der Waals surface area contributed by atoms with E-state index in [9.17, 15) is 40.2 Å². The van der Waals surface area contributed by atoms with Gasteiger partial charge in [-0.15, -0.1) is 0 Å². The number of benzene rings is 3. The molecule has 11 rings (SSSR count). The lowest BCUT2D eigenvalue weighted by atomic mass is 9.73. The van der Waals surface area contributed by atoms with Gasteiger partial charge in [0.1, 0.15) is 55.5 Å². The van der Waals surface area contributed by atoms with Gasteiger partial charge in [0.2, 0.25) is 12.2 Å². The van der Waals surface area contributed by atoms with E-state index in [4.69, 9.17) is 29.4 Å². The number of aliphatic hydroxyl groups is 6. The fraction of sp³-hybridized carbons (Fsp3) is 0.525. The fourth-order valence-corrected chi connectivity index (χ4v) is 12.9. The minimum Gasteiger partial charge on any atom is -0.486 e. The molecule has 6 heterocycles. The summed E-state index contributed by atoms with van der Waals surface area (Å²) in [4.78, 5) is 58.0. The van der Waals surface area contributed by atoms with Crippen LogP contribution in [0.2, 0.25) is 0 Å². The highest BCUT2D eigenvalue weighted by atomic mass is 16.7. The normalized spacial score (nSPS) is 30.7. The molecule has 3 aromatic carbocycles. The Balaban J connectivity index is 1.14. The van der Waals surface area contributed by atoms with Gasteiger partial charge in [-0.3, -0.25) is 30.8 Å². The summed E-state index contributed by atoms with van der Waals surface area (Å²) in [6.07, 6.45) is -4.57. The van der Waals surface area contributed by atoms with Gasteiger partial charge >= 0.3 is 0 Å². The zero-order valence-electron chi connectivity index (χ0n) is 45.5. The maximum Gasteiger partial charge on any atom is 0.242 e. The van der Waals surface area contributed by atoms with Crippen LogP contribution in [0.25, 0.3) is 0 Å². The second-order valence-corrected chi connectivity index (χ2v) is 22.6. The molecule has 8 aliphatic rings. The van der Waals surface area contributed by atoms with E-state index in [2.05, 4.69) is 44.0 Å². The molecule has 3 aromatic rings. The van der Waals surface area contributed by atoms with Crippen molar-refractivity contribution in [3.63, 3.8) is 0 Å². The molecule has 4 fully saturated rings. The summed E-state index contributed by atoms with van der Waals surface area (Å²) < 4.78 is 35.2. The first-order valence-electron chi connectivity index (χ1n) is 28.3. The Bertz CT molecular complexity index is 3070. The average molecular weight is 1130 g/mol. The van der Waals surface area contributed by atoms with Crippen LogP contribution < -0.4 is 52.2 Å². The molecule has 0 aromatic heterocycles. The van der Waals surface area contributed by atoms with Gasteiger partial charge in [-0.25, -0.2) is 5.43 Å². The SMILES string of the molecule is CC(O)CNNC1=CC(CCOC2C3Oc4c(cc5c(c4OCC(O)CC=O)C(=O)c4cc(CO)ccc4C5=O)C(c4ccccc4N4CNC5C(=O)NC(N)NC54)C4CCC(O)CC#CC(O)(C2O)C(O3)C2(CCCC2)OC4)=CCN1. The summed E-state index contributed by atoms with van der Waals surface area (Å²) in [5.74, 6) is 2.96. The highest BCUT2D eigenvalue weighted by Crippen LogP contribution is 2.54. The number of anilines is 1. The van der Waals surface area contributed by atoms with Crippen LogP contribution in [0.4, 0.5) is 5.69 Å². The number of para-hydroxylation sites is 1. The zero-order chi connectivity index (χ0) is 57.5. The first-order chi connectivity index (χ1) is 39.6. The van der Waals surface area contributed by atoms with Gasteiger partial charge in [-0.1, -0.05) is 55.0 Å². The molecule has 2 aliphatic carbocycles. The summed E-state index contributed by atoms with van der Waals surface area (Å²) in [6, 6.07) is 12.8. The van der Waals surface area contributed by atoms with E-state index in [-0.39, 0.29) is 104 Å². The molecule has 1 amide bonds. The molecule has 23 heteroatoms. The molecule has 1 saturated carbocycles. The molecule has 82 heavy (non-hydrogen) atoms. The summed E-state index contributed by atoms with van der Waals surface area (Å²) in [7, 11) is 0. The second-order valence-electron chi connectivity index (χ2n) is 22.6. The Morgan fingerprint density at radius 3 is 2.63 bits per heavy atom. The Kier molecular flexibility index (Phi) is 16.9. The number of hydrazine groups is 1. The number of aliphatic hydroxyl groups excluding tert-OH is 5. The molecule has 0 radical (unpaired) electrons. The first-order valence-corrected chi connectivity index (χ1v) is 28.3. The van der Waals surface area contributed by atoms with Gasteiger partial charge in [-0.05, 0) is 92.0 Å². The van der Waals surface area contributed by atoms with Gasteiger partial charge in [0.25, 0.3) is 0 Å². The maximum atomic E-state index is 15.4. The molecule has 1 spiro atoms. The van der Waals surface area contributed by atoms with Gasteiger partial charge in [-0.2, -0.15) is 0 Å². The van der Waals surface area contributed by atoms with Crippen LogP contribution in [-0.2, 0) is 30.4 Å². The molecule has 6 aliphatic heterocycles. The second kappa shape index (κ2) is 24.1. The first kappa shape index (κ1) is 57.5. The molecular formula is C59H72N8O15. The third-order valence-corrected chi connectivity index (χ3v) is 17.0. The van der Waals surface area contributed by atoms with Crippen molar-refractivity contribution in [2.24, 2.45) is 11.7 Å². The van der Waals surface area contributed by atoms with Crippen LogP contribution in [0.15, 0.2) is 72.1 Å². The molecule has 3 bridgehead atoms. The van der Waals surface area contributed by atoms with Crippen molar-refractivity contribution in [2.75, 3.05) is 44.5 Å². The predicted octanol–water partition coefficient (Wildman–Crippen LogP) is -0.237. The summed E-state index contributed by atoms with van der Waals surface area (Å²) in [6.45, 7) is 1.41. The van der Waals surface area contributed by atoms with Crippen LogP contribution in [0.3, 0.4) is 0 Å². The standard InChI is InChI=1S/C59H72N8O15/c1-31(70)26-63-66-43-24-32(14-20-61-43)16-22-78-51-52(75)59(77)19-6-7-35(71)12-11-34-28-80-58(17-4-5-18-58)56(59)82-55(51)81-49-41(44(34)38-8-2-3-9-42(38)67-30-62-46-53(67)64-57(60)65-54(46)76)25-40-45(50(49)79-29-36(72)15-21-68)48(74)39-23-33(27-69)10-13-37(39)47(40)73/h2-3,8-10,13-14,21,23-25,31,34-36,44,46,51-53,55-57,61-64,66,69-72,75,77H,4-5,7,11-12,15-18,20,22,26-30,60H2,1H3,(H,65,76). The van der Waals surface area contributed by atoms with Crippen molar-refractivity contribution in [1.82, 2.24) is 32.1 Å². The summed E-state index contributed by atoms with van der Waals surface area (Å²) in [5.41, 5.74) is 11.1. The lowest BCUT2D eigenvalue weighted by Gasteiger charge is -2.52. The molecule has 13 atom stereocenters. The molecule has 13 unspecified atom stereocenters. The number of ether oxygens (including phenoxy) is 5. The zero-order valence-corrected chi connectivity index (χ0v) is 45.5. The Morgan fingerprint density at radius 2 is 1.84 bits per heavy atom. The van der Waals surface area contributed by atoms with Crippen molar-refractivity contribution in [1.29, 1.82) is 0 Å². The highest BCUT2D eigenvalue weighted by molar-refractivity contribution is 6.29. The lowest BCUT2D eigenvalue weighted by Crippen LogP contribution is -2.72. The van der Waals surface area contributed by atoms with Crippen molar-refractivity contribution in [2.45, 2.75) is 150 Å². The third kappa shape index (κ3) is 11.0. The Labute approximate surface area is 473 Å². The molecular weight excluding hydrogens is 1060 g/mol. The van der Waals surface area contributed by atoms with Crippen LogP contribution >= 0.6 is 0 Å². The van der Waals surface area contributed by atoms with E-state index in [1.807, 2.05) is 41.3 Å². The lowest BCUT2D eigenvalue weighted by molar-refractivity contribution is -0.335. The average Bonchev–Trinajstić information content (AvgIpc) is 1.58. The quantitative estimate of drug-likeness (QED) is 0.0391. The number of carbonyl (C=O) groups excluding carboxylic acids is 4. The number of allylic oxidation sites excluding steroid dienone is 1. The van der Waals surface area contributed by atoms with Gasteiger partial charge < -0.3 is 80.1 Å². The van der Waals surface area contributed by atoms with Gasteiger partial charge in [0, 0.05) is 59.8 Å². The van der Waals surface area contributed by atoms with Crippen molar-refractivity contribution < 1.29 is 73.5 Å². The number of amides is 1. The van der Waals surface area contributed by atoms with Gasteiger partial charge in [0.15, 0.2) is 28.7 Å². The Morgan fingerprint density at radius 1 is 1.02 bits per heavy atom. The van der Waals surface area contributed by atoms with Crippen LogP contribution in [-0.4, -0.2) is 167 Å². The number of ketones is 2. The molecule has 3 saturated heterocycles. The molecule has 23 nitrogen and oxygen atoms in total. The van der Waals surface area contributed by atoms with Crippen LogP contribution in [0.1, 0.15) is 119 Å². The number of nitrogens with two attached hydrogens (primary N) is 1. The number of nitrogens with zero attached hydrogens (tertiary/aromatic N) is 1. The number of dihydropyridines is 1. The van der Waals surface area contributed by atoms with Crippen molar-refractivity contribution in [3.05, 3.63) is 111 Å². The van der Waals surface area contributed by atoms with E-state index >= 15 is 9.59 Å². The topological polar surface area (TPSA) is 337 Å². The predicted molar refractivity (Wildman–Crippen MR) is 293 cm³/mol.